The molecule has 0 amide bonds. The van der Waals surface area contributed by atoms with Crippen molar-refractivity contribution < 1.29 is 38.7 Å². The molecule has 2 aliphatic rings. The van der Waals surface area contributed by atoms with E-state index in [4.69, 9.17) is 18.9 Å². The largest absolute Gasteiger partial charge is 0.494 e. The van der Waals surface area contributed by atoms with Gasteiger partial charge >= 0.3 is 11.9 Å². The number of unbranched alkanes of at least 4 members (excludes halogenated alkanes) is 4. The molecule has 4 rings (SSSR count). The highest BCUT2D eigenvalue weighted by atomic mass is 16.6. The van der Waals surface area contributed by atoms with Crippen LogP contribution in [0, 0.1) is 23.7 Å². The first-order chi connectivity index (χ1) is 28.2. The summed E-state index contributed by atoms with van der Waals surface area (Å²) in [6.07, 6.45) is 26.0. The minimum absolute atomic E-state index is 0.0910. The molecule has 0 bridgehead atoms. The van der Waals surface area contributed by atoms with E-state index in [2.05, 4.69) is 13.8 Å². The third-order valence-corrected chi connectivity index (χ3v) is 13.6. The van der Waals surface area contributed by atoms with Crippen molar-refractivity contribution in [2.75, 3.05) is 13.2 Å². The molecule has 8 nitrogen and oxygen atoms in total. The van der Waals surface area contributed by atoms with Crippen molar-refractivity contribution in [3.63, 3.8) is 0 Å². The van der Waals surface area contributed by atoms with Gasteiger partial charge in [0.15, 0.2) is 0 Å². The van der Waals surface area contributed by atoms with Gasteiger partial charge in [-0.3, -0.25) is 0 Å². The summed E-state index contributed by atoms with van der Waals surface area (Å²) in [4.78, 5) is 26.0. The molecule has 2 aromatic rings. The molecule has 2 N–H and O–H groups in total. The number of benzene rings is 2. The summed E-state index contributed by atoms with van der Waals surface area (Å²) in [5.41, 5.74) is -2.82. The van der Waals surface area contributed by atoms with E-state index in [-0.39, 0.29) is 26.1 Å². The maximum atomic E-state index is 13.0. The minimum atomic E-state index is -2.13. The van der Waals surface area contributed by atoms with Gasteiger partial charge < -0.3 is 29.2 Å². The summed E-state index contributed by atoms with van der Waals surface area (Å²) in [6.45, 7) is 8.95. The predicted octanol–water partition coefficient (Wildman–Crippen LogP) is 13.0. The Labute approximate surface area is 351 Å². The second-order valence-corrected chi connectivity index (χ2v) is 17.6. The van der Waals surface area contributed by atoms with Crippen LogP contribution in [0.25, 0.3) is 0 Å². The van der Waals surface area contributed by atoms with Crippen molar-refractivity contribution in [3.05, 3.63) is 59.7 Å². The van der Waals surface area contributed by atoms with Crippen molar-refractivity contribution in [1.29, 1.82) is 0 Å². The Morgan fingerprint density at radius 1 is 0.500 bits per heavy atom. The van der Waals surface area contributed by atoms with Crippen molar-refractivity contribution >= 4 is 11.9 Å². The average Bonchev–Trinajstić information content (AvgIpc) is 3.24. The minimum Gasteiger partial charge on any atom is -0.494 e. The Bertz CT molecular complexity index is 1320. The molecule has 2 saturated carbocycles. The Balaban J connectivity index is 1.22. The van der Waals surface area contributed by atoms with Crippen LogP contribution in [0.3, 0.4) is 0 Å². The normalized spacial score (nSPS) is 21.8. The van der Waals surface area contributed by atoms with Crippen molar-refractivity contribution in [2.24, 2.45) is 23.7 Å². The molecular formula is C50H78O8. The monoisotopic (exact) mass is 807 g/mol. The van der Waals surface area contributed by atoms with Crippen LogP contribution in [0.4, 0.5) is 0 Å². The topological polar surface area (TPSA) is 112 Å². The maximum Gasteiger partial charge on any atom is 0.339 e. The Kier molecular flexibility index (Phi) is 20.9. The van der Waals surface area contributed by atoms with E-state index in [1.54, 1.807) is 13.8 Å². The second kappa shape index (κ2) is 25.5. The van der Waals surface area contributed by atoms with Crippen molar-refractivity contribution in [1.82, 2.24) is 0 Å². The lowest BCUT2D eigenvalue weighted by Crippen LogP contribution is -2.65. The highest BCUT2D eigenvalue weighted by molar-refractivity contribution is 5.91. The van der Waals surface area contributed by atoms with Gasteiger partial charge in [-0.05, 0) is 97.6 Å². The molecule has 8 heteroatoms. The fourth-order valence-corrected chi connectivity index (χ4v) is 9.66. The zero-order valence-electron chi connectivity index (χ0n) is 36.7. The van der Waals surface area contributed by atoms with Crippen LogP contribution in [0.15, 0.2) is 48.5 Å². The summed E-state index contributed by atoms with van der Waals surface area (Å²) < 4.78 is 24.4. The fraction of sp³-hybridized carbons (Fsp3) is 0.720. The summed E-state index contributed by atoms with van der Waals surface area (Å²) in [6, 6.07) is 14.8. The molecule has 2 aromatic carbocycles. The van der Waals surface area contributed by atoms with Crippen LogP contribution in [0.5, 0.6) is 11.5 Å². The van der Waals surface area contributed by atoms with E-state index < -0.39 is 23.1 Å². The number of hydrogen-bond acceptors (Lipinski definition) is 6. The number of carbonyl (C=O) groups is 2. The molecule has 2 aliphatic carbocycles. The smallest absolute Gasteiger partial charge is 0.339 e. The molecule has 326 valence electrons. The summed E-state index contributed by atoms with van der Waals surface area (Å²) in [5, 5.41) is 21.2. The number of rotatable bonds is 29. The molecule has 0 aliphatic heterocycles. The summed E-state index contributed by atoms with van der Waals surface area (Å²) in [5.74, 6) is 2.24. The Hall–Kier alpha value is -3.10. The van der Waals surface area contributed by atoms with E-state index in [1.165, 1.54) is 116 Å². The van der Waals surface area contributed by atoms with Gasteiger partial charge in [0.25, 0.3) is 0 Å². The fourth-order valence-electron chi connectivity index (χ4n) is 9.66. The molecule has 0 saturated heterocycles. The highest BCUT2D eigenvalue weighted by Crippen LogP contribution is 2.40. The van der Waals surface area contributed by atoms with Crippen LogP contribution in [-0.4, -0.2) is 46.6 Å². The van der Waals surface area contributed by atoms with Crippen LogP contribution < -0.4 is 9.47 Å². The van der Waals surface area contributed by atoms with Crippen molar-refractivity contribution in [2.45, 2.75) is 193 Å². The number of aliphatic carboxylic acids is 2. The molecule has 0 heterocycles. The van der Waals surface area contributed by atoms with Crippen LogP contribution in [-0.2, 0) is 32.3 Å². The van der Waals surface area contributed by atoms with Gasteiger partial charge in [-0.25, -0.2) is 9.59 Å². The first kappa shape index (κ1) is 47.6. The van der Waals surface area contributed by atoms with Crippen LogP contribution in [0.1, 0.15) is 180 Å². The zero-order valence-corrected chi connectivity index (χ0v) is 36.7. The zero-order chi connectivity index (χ0) is 41.6. The Morgan fingerprint density at radius 3 is 1.09 bits per heavy atom. The first-order valence-corrected chi connectivity index (χ1v) is 23.4. The summed E-state index contributed by atoms with van der Waals surface area (Å²) in [7, 11) is 0. The molecule has 0 unspecified atom stereocenters. The number of hydrogen-bond donors (Lipinski definition) is 2. The second-order valence-electron chi connectivity index (χ2n) is 17.6. The van der Waals surface area contributed by atoms with E-state index >= 15 is 0 Å². The van der Waals surface area contributed by atoms with Gasteiger partial charge in [-0.15, -0.1) is 0 Å². The van der Waals surface area contributed by atoms with E-state index in [0.717, 1.165) is 59.1 Å². The van der Waals surface area contributed by atoms with Gasteiger partial charge in [0.2, 0.25) is 11.2 Å². The Morgan fingerprint density at radius 2 is 0.810 bits per heavy atom. The molecular weight excluding hydrogens is 729 g/mol. The van der Waals surface area contributed by atoms with Crippen LogP contribution >= 0.6 is 0 Å². The van der Waals surface area contributed by atoms with Gasteiger partial charge in [-0.2, -0.15) is 0 Å². The van der Waals surface area contributed by atoms with E-state index in [9.17, 15) is 19.8 Å². The third-order valence-electron chi connectivity index (χ3n) is 13.6. The number of carboxylic acids is 2. The van der Waals surface area contributed by atoms with Gasteiger partial charge in [0.05, 0.1) is 26.4 Å². The molecule has 2 atom stereocenters. The molecule has 0 radical (unpaired) electrons. The van der Waals surface area contributed by atoms with E-state index in [0.29, 0.717) is 13.2 Å². The third kappa shape index (κ3) is 14.3. The highest BCUT2D eigenvalue weighted by Gasteiger charge is 2.62. The van der Waals surface area contributed by atoms with Crippen LogP contribution in [0.2, 0.25) is 0 Å². The maximum absolute atomic E-state index is 13.0. The van der Waals surface area contributed by atoms with Gasteiger partial charge in [0.1, 0.15) is 11.5 Å². The molecule has 0 aromatic heterocycles. The molecule has 2 fully saturated rings. The van der Waals surface area contributed by atoms with Crippen molar-refractivity contribution in [3.8, 4) is 11.5 Å². The SMILES string of the molecule is CCCCCC1CCC(CCCOc2ccc(CO[C@@](CC)(C(=O)O)[C@@](CC)(OCc3ccc(OCCCC4CCC(CCCCC)CC4)cc3)C(=O)O)cc2)CC1. The van der Waals surface area contributed by atoms with Gasteiger partial charge in [0, 0.05) is 0 Å². The lowest BCUT2D eigenvalue weighted by molar-refractivity contribution is -0.238. The van der Waals surface area contributed by atoms with E-state index in [1.807, 2.05) is 48.5 Å². The first-order valence-electron chi connectivity index (χ1n) is 23.4. The lowest BCUT2D eigenvalue weighted by Gasteiger charge is -2.43. The predicted molar refractivity (Wildman–Crippen MR) is 232 cm³/mol. The summed E-state index contributed by atoms with van der Waals surface area (Å²) >= 11 is 0. The molecule has 0 spiro atoms. The average molecular weight is 807 g/mol. The lowest BCUT2D eigenvalue weighted by atomic mass is 9.77. The number of carboxylic acid groups (broad SMARTS) is 2. The number of ether oxygens (including phenoxy) is 4. The quantitative estimate of drug-likeness (QED) is 0.0782. The van der Waals surface area contributed by atoms with Gasteiger partial charge in [-0.1, -0.05) is 155 Å². The standard InChI is InChI=1S/C50H78O8/c1-5-9-11-15-39-19-23-41(24-20-39)17-13-35-55-45-31-27-43(28-32-45)37-57-49(7-3,47(51)52)50(8-4,48(53)54)58-38-44-29-33-46(34-30-44)56-36-14-18-42-25-21-40(22-26-42)16-12-10-6-2/h27-34,39-42H,5-26,35-38H2,1-4H3,(H,51,52)(H,53,54)/t39?,40?,41?,42?,49-,50-/m0/s1. The molecule has 58 heavy (non-hydrogen) atoms.